The second kappa shape index (κ2) is 9.66. The van der Waals surface area contributed by atoms with Gasteiger partial charge in [-0.1, -0.05) is 18.2 Å². The molecule has 2 amide bonds. The van der Waals surface area contributed by atoms with Crippen molar-refractivity contribution in [3.05, 3.63) is 30.0 Å². The highest BCUT2D eigenvalue weighted by Gasteiger charge is 2.41. The van der Waals surface area contributed by atoms with Crippen molar-refractivity contribution >= 4 is 22.7 Å². The fourth-order valence-electron chi connectivity index (χ4n) is 6.20. The molecule has 3 atom stereocenters. The molecule has 34 heavy (non-hydrogen) atoms. The molecule has 0 saturated carbocycles. The third-order valence-electron chi connectivity index (χ3n) is 8.03. The molecule has 0 radical (unpaired) electrons. The Morgan fingerprint density at radius 3 is 2.35 bits per heavy atom. The van der Waals surface area contributed by atoms with Crippen LogP contribution in [0.2, 0.25) is 0 Å². The Labute approximate surface area is 202 Å². The molecule has 2 aromatic rings. The van der Waals surface area contributed by atoms with Gasteiger partial charge >= 0.3 is 0 Å². The number of piperidine rings is 1. The average Bonchev–Trinajstić information content (AvgIpc) is 3.33. The minimum atomic E-state index is -0.0446. The molecule has 4 heterocycles. The number of benzene rings is 1. The van der Waals surface area contributed by atoms with Crippen LogP contribution in [0.4, 0.5) is 0 Å². The molecule has 0 unspecified atom stereocenters. The maximum absolute atomic E-state index is 13.2. The van der Waals surface area contributed by atoms with Crippen molar-refractivity contribution in [3.63, 3.8) is 0 Å². The first-order valence-electron chi connectivity index (χ1n) is 12.9. The Morgan fingerprint density at radius 1 is 1.03 bits per heavy atom. The third-order valence-corrected chi connectivity index (χ3v) is 8.03. The van der Waals surface area contributed by atoms with Gasteiger partial charge in [0.05, 0.1) is 5.52 Å². The van der Waals surface area contributed by atoms with E-state index in [-0.39, 0.29) is 23.9 Å². The Kier molecular flexibility index (Phi) is 6.62. The fourth-order valence-corrected chi connectivity index (χ4v) is 6.20. The molecule has 3 saturated heterocycles. The number of rotatable bonds is 6. The first-order chi connectivity index (χ1) is 16.4. The van der Waals surface area contributed by atoms with Gasteiger partial charge in [-0.3, -0.25) is 24.1 Å². The summed E-state index contributed by atoms with van der Waals surface area (Å²) >= 11 is 0. The van der Waals surface area contributed by atoms with E-state index in [1.54, 1.807) is 6.92 Å². The van der Waals surface area contributed by atoms with Crippen molar-refractivity contribution in [2.24, 2.45) is 0 Å². The number of nitrogens with zero attached hydrogens (tertiary/aromatic N) is 5. The van der Waals surface area contributed by atoms with Gasteiger partial charge in [-0.15, -0.1) is 0 Å². The lowest BCUT2D eigenvalue weighted by Gasteiger charge is -2.41. The molecule has 5 rings (SSSR count). The minimum absolute atomic E-state index is 0.0446. The van der Waals surface area contributed by atoms with Gasteiger partial charge in [0.15, 0.2) is 5.69 Å². The van der Waals surface area contributed by atoms with Crippen molar-refractivity contribution in [3.8, 4) is 0 Å². The summed E-state index contributed by atoms with van der Waals surface area (Å²) in [7, 11) is 0. The molecule has 0 aliphatic carbocycles. The molecule has 1 aromatic carbocycles. The zero-order valence-electron chi connectivity index (χ0n) is 20.7. The van der Waals surface area contributed by atoms with Gasteiger partial charge in [0.2, 0.25) is 5.91 Å². The topological polar surface area (TPSA) is 73.7 Å². The summed E-state index contributed by atoms with van der Waals surface area (Å²) < 4.78 is 1.95. The van der Waals surface area contributed by atoms with Gasteiger partial charge in [0.1, 0.15) is 0 Å². The van der Waals surface area contributed by atoms with E-state index in [0.717, 1.165) is 63.0 Å². The molecule has 184 valence electrons. The van der Waals surface area contributed by atoms with Crippen molar-refractivity contribution in [2.45, 2.75) is 70.6 Å². The predicted molar refractivity (Wildman–Crippen MR) is 133 cm³/mol. The van der Waals surface area contributed by atoms with E-state index < -0.39 is 0 Å². The summed E-state index contributed by atoms with van der Waals surface area (Å²) in [5, 5.41) is 8.95. The fraction of sp³-hybridized carbons (Fsp3) is 0.654. The molecule has 3 fully saturated rings. The average molecular weight is 467 g/mol. The molecule has 3 aliphatic heterocycles. The second-order valence-electron chi connectivity index (χ2n) is 10.5. The van der Waals surface area contributed by atoms with Crippen LogP contribution in [0.5, 0.6) is 0 Å². The standard InChI is InChI=1S/C26H38N6O2/c1-18(2)32-24-7-5-4-6-23(24)25(28-32)26(34)27-20-16-21-8-9-22(17-20)31(21)15-12-29-10-13-30(14-11-29)19(3)33/h4-7,18,20-22H,8-17H2,1-3H3,(H,27,34)/t20-,21-,22+. The third kappa shape index (κ3) is 4.58. The van der Waals surface area contributed by atoms with Gasteiger partial charge in [-0.2, -0.15) is 5.10 Å². The lowest BCUT2D eigenvalue weighted by molar-refractivity contribution is -0.130. The van der Waals surface area contributed by atoms with Crippen LogP contribution in [0.15, 0.2) is 24.3 Å². The van der Waals surface area contributed by atoms with E-state index >= 15 is 0 Å². The summed E-state index contributed by atoms with van der Waals surface area (Å²) in [5.41, 5.74) is 1.56. The summed E-state index contributed by atoms with van der Waals surface area (Å²) in [5.74, 6) is 0.141. The molecular weight excluding hydrogens is 428 g/mol. The van der Waals surface area contributed by atoms with Crippen molar-refractivity contribution in [1.29, 1.82) is 0 Å². The summed E-state index contributed by atoms with van der Waals surface area (Å²) in [6.07, 6.45) is 4.48. The second-order valence-corrected chi connectivity index (χ2v) is 10.5. The SMILES string of the molecule is CC(=O)N1CCN(CCN2[C@@H]3CC[C@H]2C[C@H](NC(=O)c2nn(C(C)C)c4ccccc24)C3)CC1. The van der Waals surface area contributed by atoms with Crippen LogP contribution in [0, 0.1) is 0 Å². The van der Waals surface area contributed by atoms with E-state index in [9.17, 15) is 9.59 Å². The van der Waals surface area contributed by atoms with E-state index in [1.165, 1.54) is 12.8 Å². The van der Waals surface area contributed by atoms with Crippen LogP contribution in [0.1, 0.15) is 63.0 Å². The number of hydrogen-bond acceptors (Lipinski definition) is 5. The lowest BCUT2D eigenvalue weighted by Crippen LogP contribution is -2.54. The van der Waals surface area contributed by atoms with Gasteiger partial charge < -0.3 is 10.2 Å². The number of carbonyl (C=O) groups is 2. The Bertz CT molecular complexity index is 1030. The number of hydrogen-bond donors (Lipinski definition) is 1. The molecule has 0 spiro atoms. The molecular formula is C26H38N6O2. The van der Waals surface area contributed by atoms with Crippen molar-refractivity contribution in [2.75, 3.05) is 39.3 Å². The largest absolute Gasteiger partial charge is 0.348 e. The van der Waals surface area contributed by atoms with Crippen LogP contribution in [0.25, 0.3) is 10.9 Å². The van der Waals surface area contributed by atoms with Crippen LogP contribution >= 0.6 is 0 Å². The van der Waals surface area contributed by atoms with E-state index in [0.29, 0.717) is 17.8 Å². The van der Waals surface area contributed by atoms with Crippen molar-refractivity contribution < 1.29 is 9.59 Å². The molecule has 8 nitrogen and oxygen atoms in total. The predicted octanol–water partition coefficient (Wildman–Crippen LogP) is 2.51. The lowest BCUT2D eigenvalue weighted by atomic mass is 9.97. The zero-order chi connectivity index (χ0) is 23.8. The maximum atomic E-state index is 13.2. The summed E-state index contributed by atoms with van der Waals surface area (Å²) in [6.45, 7) is 11.6. The van der Waals surface area contributed by atoms with Crippen LogP contribution < -0.4 is 5.32 Å². The Morgan fingerprint density at radius 2 is 1.71 bits per heavy atom. The summed E-state index contributed by atoms with van der Waals surface area (Å²) in [6, 6.07) is 9.53. The van der Waals surface area contributed by atoms with Gasteiger partial charge in [0.25, 0.3) is 5.91 Å². The molecule has 8 heteroatoms. The number of aromatic nitrogens is 2. The highest BCUT2D eigenvalue weighted by molar-refractivity contribution is 6.05. The number of carbonyl (C=O) groups excluding carboxylic acids is 2. The van der Waals surface area contributed by atoms with Crippen LogP contribution in [-0.2, 0) is 4.79 Å². The Balaban J connectivity index is 1.17. The summed E-state index contributed by atoms with van der Waals surface area (Å²) in [4.78, 5) is 31.9. The van der Waals surface area contributed by atoms with Crippen LogP contribution in [-0.4, -0.2) is 93.7 Å². The Hall–Kier alpha value is -2.45. The highest BCUT2D eigenvalue weighted by atomic mass is 16.2. The van der Waals surface area contributed by atoms with Gasteiger partial charge in [0, 0.05) is 75.7 Å². The minimum Gasteiger partial charge on any atom is -0.348 e. The molecule has 3 aliphatic rings. The normalized spacial score (nSPS) is 25.9. The van der Waals surface area contributed by atoms with Gasteiger partial charge in [-0.05, 0) is 45.6 Å². The highest BCUT2D eigenvalue weighted by Crippen LogP contribution is 2.35. The van der Waals surface area contributed by atoms with E-state index in [4.69, 9.17) is 0 Å². The first-order valence-corrected chi connectivity index (χ1v) is 12.9. The molecule has 1 N–H and O–H groups in total. The van der Waals surface area contributed by atoms with Crippen LogP contribution in [0.3, 0.4) is 0 Å². The smallest absolute Gasteiger partial charge is 0.272 e. The monoisotopic (exact) mass is 466 g/mol. The van der Waals surface area contributed by atoms with Gasteiger partial charge in [-0.25, -0.2) is 0 Å². The van der Waals surface area contributed by atoms with E-state index in [1.807, 2.05) is 33.8 Å². The maximum Gasteiger partial charge on any atom is 0.272 e. The first kappa shape index (κ1) is 23.3. The molecule has 1 aromatic heterocycles. The number of nitrogens with one attached hydrogen (secondary N) is 1. The zero-order valence-corrected chi connectivity index (χ0v) is 20.7. The number of amides is 2. The quantitative estimate of drug-likeness (QED) is 0.708. The number of para-hydroxylation sites is 1. The van der Waals surface area contributed by atoms with E-state index in [2.05, 4.69) is 34.1 Å². The van der Waals surface area contributed by atoms with Crippen molar-refractivity contribution in [1.82, 2.24) is 29.8 Å². The number of fused-ring (bicyclic) bond motifs is 3. The number of piperazine rings is 1. The molecule has 2 bridgehead atoms.